The SMILES string of the molecule is CCc1nc(C)oc1/C=C/Sc1ccccc1. The molecular formula is C14H15NOS. The molecule has 2 rings (SSSR count). The zero-order valence-corrected chi connectivity index (χ0v) is 10.8. The van der Waals surface area contributed by atoms with Crippen molar-refractivity contribution in [3.8, 4) is 0 Å². The number of nitrogens with zero attached hydrogens (tertiary/aromatic N) is 1. The van der Waals surface area contributed by atoms with Crippen LogP contribution in [0.3, 0.4) is 0 Å². The Morgan fingerprint density at radius 3 is 2.76 bits per heavy atom. The summed E-state index contributed by atoms with van der Waals surface area (Å²) in [4.78, 5) is 5.55. The number of aryl methyl sites for hydroxylation is 2. The number of hydrogen-bond donors (Lipinski definition) is 0. The van der Waals surface area contributed by atoms with E-state index in [1.807, 2.05) is 36.6 Å². The Balaban J connectivity index is 2.05. The monoisotopic (exact) mass is 245 g/mol. The lowest BCUT2D eigenvalue weighted by atomic mass is 10.3. The molecule has 2 nitrogen and oxygen atoms in total. The van der Waals surface area contributed by atoms with Crippen molar-refractivity contribution < 1.29 is 4.42 Å². The Labute approximate surface area is 106 Å². The van der Waals surface area contributed by atoms with Crippen molar-refractivity contribution in [2.45, 2.75) is 25.2 Å². The third kappa shape index (κ3) is 3.24. The zero-order chi connectivity index (χ0) is 12.1. The van der Waals surface area contributed by atoms with Gasteiger partial charge in [-0.15, -0.1) is 0 Å². The minimum absolute atomic E-state index is 0.728. The molecule has 0 fully saturated rings. The Bertz CT molecular complexity index is 502. The van der Waals surface area contributed by atoms with E-state index in [2.05, 4.69) is 24.0 Å². The van der Waals surface area contributed by atoms with Crippen LogP contribution in [0.2, 0.25) is 0 Å². The smallest absolute Gasteiger partial charge is 0.192 e. The van der Waals surface area contributed by atoms with Gasteiger partial charge in [-0.25, -0.2) is 4.98 Å². The van der Waals surface area contributed by atoms with Crippen molar-refractivity contribution in [2.24, 2.45) is 0 Å². The lowest BCUT2D eigenvalue weighted by Gasteiger charge is -1.94. The van der Waals surface area contributed by atoms with Crippen molar-refractivity contribution in [1.82, 2.24) is 4.98 Å². The van der Waals surface area contributed by atoms with E-state index in [1.165, 1.54) is 4.90 Å². The second-order valence-electron chi connectivity index (χ2n) is 3.63. The Kier molecular flexibility index (Phi) is 4.04. The summed E-state index contributed by atoms with van der Waals surface area (Å²) in [6, 6.07) is 10.3. The topological polar surface area (TPSA) is 26.0 Å². The van der Waals surface area contributed by atoms with Crippen molar-refractivity contribution >= 4 is 17.8 Å². The highest BCUT2D eigenvalue weighted by atomic mass is 32.2. The van der Waals surface area contributed by atoms with Crippen LogP contribution in [0.25, 0.3) is 6.08 Å². The number of aromatic nitrogens is 1. The largest absolute Gasteiger partial charge is 0.441 e. The molecule has 0 saturated heterocycles. The zero-order valence-electron chi connectivity index (χ0n) is 10.0. The Morgan fingerprint density at radius 2 is 2.06 bits per heavy atom. The number of thioether (sulfide) groups is 1. The lowest BCUT2D eigenvalue weighted by Crippen LogP contribution is -1.82. The molecule has 0 radical (unpaired) electrons. The summed E-state index contributed by atoms with van der Waals surface area (Å²) < 4.78 is 5.53. The standard InChI is InChI=1S/C14H15NOS/c1-3-13-14(16-11(2)15-13)9-10-17-12-7-5-4-6-8-12/h4-10H,3H2,1-2H3/b10-9+. The van der Waals surface area contributed by atoms with Gasteiger partial charge in [0.25, 0.3) is 0 Å². The van der Waals surface area contributed by atoms with Gasteiger partial charge in [0.2, 0.25) is 0 Å². The van der Waals surface area contributed by atoms with Crippen molar-refractivity contribution in [1.29, 1.82) is 0 Å². The maximum Gasteiger partial charge on any atom is 0.192 e. The first-order valence-electron chi connectivity index (χ1n) is 5.64. The van der Waals surface area contributed by atoms with Gasteiger partial charge in [-0.1, -0.05) is 36.9 Å². The minimum atomic E-state index is 0.728. The number of rotatable bonds is 4. The van der Waals surface area contributed by atoms with Gasteiger partial charge in [-0.05, 0) is 30.0 Å². The fraction of sp³-hybridized carbons (Fsp3) is 0.214. The van der Waals surface area contributed by atoms with Crippen LogP contribution in [0.1, 0.15) is 24.3 Å². The van der Waals surface area contributed by atoms with Crippen LogP contribution in [0.4, 0.5) is 0 Å². The maximum absolute atomic E-state index is 5.53. The molecule has 0 aliphatic rings. The molecule has 3 heteroatoms. The summed E-state index contributed by atoms with van der Waals surface area (Å²) in [5.74, 6) is 1.60. The molecule has 1 heterocycles. The first kappa shape index (κ1) is 12.0. The lowest BCUT2D eigenvalue weighted by molar-refractivity contribution is 0.512. The van der Waals surface area contributed by atoms with E-state index >= 15 is 0 Å². The molecule has 0 amide bonds. The summed E-state index contributed by atoms with van der Waals surface area (Å²) in [6.45, 7) is 3.96. The highest BCUT2D eigenvalue weighted by Gasteiger charge is 2.05. The molecule has 0 saturated carbocycles. The molecule has 0 unspecified atom stereocenters. The van der Waals surface area contributed by atoms with Gasteiger partial charge in [0.15, 0.2) is 11.7 Å². The van der Waals surface area contributed by atoms with Crippen LogP contribution in [-0.4, -0.2) is 4.98 Å². The summed E-state index contributed by atoms with van der Waals surface area (Å²) in [5, 5.41) is 2.04. The van der Waals surface area contributed by atoms with Gasteiger partial charge in [0, 0.05) is 11.8 Å². The van der Waals surface area contributed by atoms with Gasteiger partial charge >= 0.3 is 0 Å². The minimum Gasteiger partial charge on any atom is -0.441 e. The van der Waals surface area contributed by atoms with Gasteiger partial charge in [0.1, 0.15) is 0 Å². The first-order chi connectivity index (χ1) is 8.29. The molecule has 0 N–H and O–H groups in total. The third-order valence-electron chi connectivity index (χ3n) is 2.34. The second kappa shape index (κ2) is 5.73. The highest BCUT2D eigenvalue weighted by molar-refractivity contribution is 8.02. The van der Waals surface area contributed by atoms with Gasteiger partial charge in [0.05, 0.1) is 5.69 Å². The average Bonchev–Trinajstić information content (AvgIpc) is 2.71. The van der Waals surface area contributed by atoms with E-state index in [0.29, 0.717) is 0 Å². The average molecular weight is 245 g/mol. The van der Waals surface area contributed by atoms with E-state index in [9.17, 15) is 0 Å². The third-order valence-corrected chi connectivity index (χ3v) is 3.15. The quantitative estimate of drug-likeness (QED) is 0.751. The fourth-order valence-corrected chi connectivity index (χ4v) is 2.21. The van der Waals surface area contributed by atoms with Gasteiger partial charge in [-0.3, -0.25) is 0 Å². The van der Waals surface area contributed by atoms with Crippen LogP contribution < -0.4 is 0 Å². The van der Waals surface area contributed by atoms with Gasteiger partial charge in [-0.2, -0.15) is 0 Å². The van der Waals surface area contributed by atoms with E-state index in [1.54, 1.807) is 11.8 Å². The summed E-state index contributed by atoms with van der Waals surface area (Å²) in [6.07, 6.45) is 2.88. The van der Waals surface area contributed by atoms with E-state index < -0.39 is 0 Å². The molecule has 0 aliphatic carbocycles. The van der Waals surface area contributed by atoms with Gasteiger partial charge < -0.3 is 4.42 Å². The molecule has 0 spiro atoms. The van der Waals surface area contributed by atoms with E-state index in [4.69, 9.17) is 4.42 Å². The second-order valence-corrected chi connectivity index (χ2v) is 4.61. The van der Waals surface area contributed by atoms with E-state index in [-0.39, 0.29) is 0 Å². The summed E-state index contributed by atoms with van der Waals surface area (Å²) >= 11 is 1.68. The molecule has 1 aromatic carbocycles. The summed E-state index contributed by atoms with van der Waals surface area (Å²) in [5.41, 5.74) is 1.02. The Morgan fingerprint density at radius 1 is 1.29 bits per heavy atom. The molecular weight excluding hydrogens is 230 g/mol. The van der Waals surface area contributed by atoms with Crippen molar-refractivity contribution in [2.75, 3.05) is 0 Å². The van der Waals surface area contributed by atoms with Crippen LogP contribution in [0, 0.1) is 6.92 Å². The van der Waals surface area contributed by atoms with Crippen LogP contribution >= 0.6 is 11.8 Å². The predicted octanol–water partition coefficient (Wildman–Crippen LogP) is 4.31. The van der Waals surface area contributed by atoms with Crippen LogP contribution in [0.15, 0.2) is 45.1 Å². The predicted molar refractivity (Wildman–Crippen MR) is 72.0 cm³/mol. The number of oxazole rings is 1. The molecule has 2 aromatic rings. The first-order valence-corrected chi connectivity index (χ1v) is 6.52. The van der Waals surface area contributed by atoms with Crippen LogP contribution in [0.5, 0.6) is 0 Å². The van der Waals surface area contributed by atoms with Crippen molar-refractivity contribution in [3.63, 3.8) is 0 Å². The molecule has 0 aliphatic heterocycles. The maximum atomic E-state index is 5.53. The summed E-state index contributed by atoms with van der Waals surface area (Å²) in [7, 11) is 0. The highest BCUT2D eigenvalue weighted by Crippen LogP contribution is 2.21. The Hall–Kier alpha value is -1.48. The molecule has 1 aromatic heterocycles. The molecule has 0 atom stereocenters. The molecule has 0 bridgehead atoms. The van der Waals surface area contributed by atoms with Crippen LogP contribution in [-0.2, 0) is 6.42 Å². The number of hydrogen-bond acceptors (Lipinski definition) is 3. The normalized spacial score (nSPS) is 11.2. The molecule has 17 heavy (non-hydrogen) atoms. The number of benzene rings is 1. The van der Waals surface area contributed by atoms with E-state index in [0.717, 1.165) is 23.8 Å². The van der Waals surface area contributed by atoms with Crippen molar-refractivity contribution in [3.05, 3.63) is 53.1 Å². The fourth-order valence-electron chi connectivity index (χ4n) is 1.54. The molecule has 88 valence electrons.